The van der Waals surface area contributed by atoms with E-state index in [0.717, 1.165) is 16.7 Å². The van der Waals surface area contributed by atoms with Crippen molar-refractivity contribution in [2.24, 2.45) is 5.92 Å². The summed E-state index contributed by atoms with van der Waals surface area (Å²) in [7, 11) is 0. The first-order chi connectivity index (χ1) is 19.7. The average Bonchev–Trinajstić information content (AvgIpc) is 2.89. The number of amides is 2. The third-order valence-electron chi connectivity index (χ3n) is 6.32. The summed E-state index contributed by atoms with van der Waals surface area (Å²) in [6, 6.07) is 14.9. The lowest BCUT2D eigenvalue weighted by molar-refractivity contribution is -0.136. The van der Waals surface area contributed by atoms with Crippen molar-refractivity contribution < 1.29 is 24.2 Å². The van der Waals surface area contributed by atoms with Crippen LogP contribution in [0.4, 0.5) is 16.4 Å². The molecule has 2 amide bonds. The van der Waals surface area contributed by atoms with Gasteiger partial charge in [-0.05, 0) is 62.3 Å². The number of carbonyl (C=O) groups excluding carboxylic acids is 2. The number of hydrogen-bond donors (Lipinski definition) is 4. The second-order valence-electron chi connectivity index (χ2n) is 11.1. The molecular weight excluding hydrogens is 560 g/mol. The summed E-state index contributed by atoms with van der Waals surface area (Å²) >= 11 is 5.96. The van der Waals surface area contributed by atoms with E-state index in [9.17, 15) is 14.4 Å². The van der Waals surface area contributed by atoms with Gasteiger partial charge >= 0.3 is 12.1 Å². The van der Waals surface area contributed by atoms with Crippen LogP contribution in [-0.4, -0.2) is 56.6 Å². The molecule has 1 atom stereocenters. The number of hydrogen-bond acceptors (Lipinski definition) is 8. The zero-order valence-corrected chi connectivity index (χ0v) is 24.9. The van der Waals surface area contributed by atoms with Gasteiger partial charge in [0.05, 0.1) is 6.42 Å². The molecule has 0 aliphatic carbocycles. The molecule has 0 saturated carbocycles. The molecular formula is C30H37ClN6O5. The normalized spacial score (nSPS) is 11.9. The van der Waals surface area contributed by atoms with Gasteiger partial charge in [0.15, 0.2) is 22.5 Å². The highest BCUT2D eigenvalue weighted by Crippen LogP contribution is 2.20. The molecule has 42 heavy (non-hydrogen) atoms. The van der Waals surface area contributed by atoms with Crippen LogP contribution in [0, 0.1) is 12.8 Å². The Morgan fingerprint density at radius 3 is 2.29 bits per heavy atom. The SMILES string of the molecule is Cc1ccccc1CC(CNC(=O)c1nc(Cl)c(N)nc1N)CN(Cc1ccc(CC(=O)O)cc1)C(=O)OC(C)(C)C. The van der Waals surface area contributed by atoms with Gasteiger partial charge in [-0.1, -0.05) is 60.1 Å². The summed E-state index contributed by atoms with van der Waals surface area (Å²) in [6.07, 6.45) is -0.0609. The number of nitrogens with two attached hydrogens (primary N) is 2. The van der Waals surface area contributed by atoms with E-state index < -0.39 is 23.6 Å². The van der Waals surface area contributed by atoms with Gasteiger partial charge in [0.1, 0.15) is 5.60 Å². The molecule has 2 aromatic carbocycles. The molecule has 0 radical (unpaired) electrons. The van der Waals surface area contributed by atoms with Gasteiger partial charge in [-0.2, -0.15) is 0 Å². The molecule has 3 aromatic rings. The van der Waals surface area contributed by atoms with E-state index in [1.54, 1.807) is 49.9 Å². The molecule has 1 heterocycles. The number of nitrogen functional groups attached to an aromatic ring is 2. The summed E-state index contributed by atoms with van der Waals surface area (Å²) < 4.78 is 5.72. The second-order valence-corrected chi connectivity index (χ2v) is 11.4. The van der Waals surface area contributed by atoms with Crippen LogP contribution >= 0.6 is 11.6 Å². The Kier molecular flexibility index (Phi) is 10.7. The minimum atomic E-state index is -0.923. The number of anilines is 2. The molecule has 0 bridgehead atoms. The quantitative estimate of drug-likeness (QED) is 0.252. The van der Waals surface area contributed by atoms with E-state index in [-0.39, 0.29) is 54.5 Å². The van der Waals surface area contributed by atoms with E-state index >= 15 is 0 Å². The molecule has 0 fully saturated rings. The number of halogens is 1. The van der Waals surface area contributed by atoms with Crippen molar-refractivity contribution in [2.75, 3.05) is 24.6 Å². The minimum Gasteiger partial charge on any atom is -0.481 e. The maximum Gasteiger partial charge on any atom is 0.410 e. The van der Waals surface area contributed by atoms with E-state index in [2.05, 4.69) is 15.3 Å². The number of aryl methyl sites for hydroxylation is 1. The molecule has 1 aromatic heterocycles. The number of carbonyl (C=O) groups is 3. The van der Waals surface area contributed by atoms with Crippen LogP contribution in [0.15, 0.2) is 48.5 Å². The smallest absolute Gasteiger partial charge is 0.410 e. The highest BCUT2D eigenvalue weighted by molar-refractivity contribution is 6.31. The van der Waals surface area contributed by atoms with Crippen LogP contribution in [-0.2, 0) is 28.9 Å². The van der Waals surface area contributed by atoms with Crippen molar-refractivity contribution >= 4 is 41.2 Å². The molecule has 11 nitrogen and oxygen atoms in total. The van der Waals surface area contributed by atoms with Gasteiger partial charge < -0.3 is 31.5 Å². The Bertz CT molecular complexity index is 1420. The van der Waals surface area contributed by atoms with Crippen LogP contribution in [0.1, 0.15) is 53.5 Å². The van der Waals surface area contributed by atoms with Crippen LogP contribution in [0.2, 0.25) is 5.15 Å². The molecule has 0 spiro atoms. The predicted octanol–water partition coefficient (Wildman–Crippen LogP) is 4.26. The van der Waals surface area contributed by atoms with Crippen LogP contribution in [0.3, 0.4) is 0 Å². The molecule has 6 N–H and O–H groups in total. The number of benzene rings is 2. The minimum absolute atomic E-state index is 0.0767. The Hall–Kier alpha value is -4.38. The van der Waals surface area contributed by atoms with Gasteiger partial charge in [0.2, 0.25) is 0 Å². The number of ether oxygens (including phenoxy) is 1. The maximum atomic E-state index is 13.4. The number of nitrogens with one attached hydrogen (secondary N) is 1. The van der Waals surface area contributed by atoms with Gasteiger partial charge in [-0.25, -0.2) is 14.8 Å². The standard InChI is InChI=1S/C30H37ClN6O5/c1-18-7-5-6-8-22(18)13-21(15-34-28(40)24-26(32)36-27(33)25(31)35-24)17-37(29(41)42-30(2,3)4)16-20-11-9-19(10-12-20)14-23(38)39/h5-12,21H,13-17H2,1-4H3,(H,34,40)(H,38,39)(H4,32,33,36). The van der Waals surface area contributed by atoms with Crippen molar-refractivity contribution in [3.63, 3.8) is 0 Å². The molecule has 224 valence electrons. The van der Waals surface area contributed by atoms with Gasteiger partial charge in [-0.3, -0.25) is 9.59 Å². The zero-order valence-electron chi connectivity index (χ0n) is 24.2. The van der Waals surface area contributed by atoms with Crippen molar-refractivity contribution in [1.82, 2.24) is 20.2 Å². The topological polar surface area (TPSA) is 174 Å². The summed E-state index contributed by atoms with van der Waals surface area (Å²) in [6.45, 7) is 8.00. The van der Waals surface area contributed by atoms with Crippen molar-refractivity contribution in [2.45, 2.75) is 52.7 Å². The summed E-state index contributed by atoms with van der Waals surface area (Å²) in [5.74, 6) is -1.96. The number of nitrogens with zero attached hydrogens (tertiary/aromatic N) is 3. The van der Waals surface area contributed by atoms with E-state index in [4.69, 9.17) is 32.9 Å². The van der Waals surface area contributed by atoms with Gasteiger partial charge in [0.25, 0.3) is 5.91 Å². The van der Waals surface area contributed by atoms with E-state index in [0.29, 0.717) is 12.0 Å². The Morgan fingerprint density at radius 2 is 1.67 bits per heavy atom. The first kappa shape index (κ1) is 32.1. The number of aromatic nitrogens is 2. The molecule has 0 saturated heterocycles. The van der Waals surface area contributed by atoms with Crippen LogP contribution < -0.4 is 16.8 Å². The molecule has 0 aliphatic heterocycles. The summed E-state index contributed by atoms with van der Waals surface area (Å²) in [5.41, 5.74) is 14.2. The lowest BCUT2D eigenvalue weighted by Crippen LogP contribution is -2.42. The molecule has 3 rings (SSSR count). The first-order valence-corrected chi connectivity index (χ1v) is 13.8. The number of rotatable bonds is 11. The van der Waals surface area contributed by atoms with E-state index in [1.165, 1.54) is 0 Å². The Balaban J connectivity index is 1.87. The third kappa shape index (κ3) is 9.62. The molecule has 1 unspecified atom stereocenters. The van der Waals surface area contributed by atoms with Gasteiger partial charge in [0, 0.05) is 19.6 Å². The fraction of sp³-hybridized carbons (Fsp3) is 0.367. The summed E-state index contributed by atoms with van der Waals surface area (Å²) in [4.78, 5) is 46.9. The fourth-order valence-corrected chi connectivity index (χ4v) is 4.41. The Morgan fingerprint density at radius 1 is 1.02 bits per heavy atom. The molecule has 0 aliphatic rings. The number of carboxylic acid groups (broad SMARTS) is 1. The van der Waals surface area contributed by atoms with Crippen LogP contribution in [0.25, 0.3) is 0 Å². The van der Waals surface area contributed by atoms with Crippen molar-refractivity contribution in [1.29, 1.82) is 0 Å². The highest BCUT2D eigenvalue weighted by atomic mass is 35.5. The predicted molar refractivity (Wildman–Crippen MR) is 161 cm³/mol. The fourth-order valence-electron chi connectivity index (χ4n) is 4.28. The second kappa shape index (κ2) is 14.0. The lowest BCUT2D eigenvalue weighted by Gasteiger charge is -2.31. The maximum absolute atomic E-state index is 13.4. The summed E-state index contributed by atoms with van der Waals surface area (Å²) in [5, 5.41) is 11.8. The van der Waals surface area contributed by atoms with Crippen molar-refractivity contribution in [3.8, 4) is 0 Å². The monoisotopic (exact) mass is 596 g/mol. The average molecular weight is 597 g/mol. The highest BCUT2D eigenvalue weighted by Gasteiger charge is 2.26. The third-order valence-corrected chi connectivity index (χ3v) is 6.60. The lowest BCUT2D eigenvalue weighted by atomic mass is 9.95. The Labute approximate surface area is 250 Å². The number of carboxylic acids is 1. The van der Waals surface area contributed by atoms with E-state index in [1.807, 2.05) is 31.2 Å². The van der Waals surface area contributed by atoms with Gasteiger partial charge in [-0.15, -0.1) is 0 Å². The first-order valence-electron chi connectivity index (χ1n) is 13.4. The van der Waals surface area contributed by atoms with Crippen LogP contribution in [0.5, 0.6) is 0 Å². The largest absolute Gasteiger partial charge is 0.481 e. The zero-order chi connectivity index (χ0) is 31.0. The molecule has 12 heteroatoms. The van der Waals surface area contributed by atoms with Crippen molar-refractivity contribution in [3.05, 3.63) is 81.6 Å². The number of aliphatic carboxylic acids is 1.